The second-order valence-electron chi connectivity index (χ2n) is 3.44. The maximum absolute atomic E-state index is 12.7. The summed E-state index contributed by atoms with van der Waals surface area (Å²) in [6.45, 7) is 0. The molecule has 18 heavy (non-hydrogen) atoms. The molecule has 0 fully saturated rings. The zero-order valence-corrected chi connectivity index (χ0v) is 8.70. The second-order valence-corrected chi connectivity index (χ2v) is 3.44. The first-order valence-electron chi connectivity index (χ1n) is 4.82. The van der Waals surface area contributed by atoms with Crippen LogP contribution in [0.5, 0.6) is 0 Å². The molecule has 3 aromatic heterocycles. The number of fused-ring (bicyclic) bond motifs is 1. The van der Waals surface area contributed by atoms with Crippen molar-refractivity contribution in [1.29, 1.82) is 0 Å². The summed E-state index contributed by atoms with van der Waals surface area (Å²) in [6.07, 6.45) is 0.940. The van der Waals surface area contributed by atoms with Crippen LogP contribution >= 0.6 is 0 Å². The number of hydrogen-bond acceptors (Lipinski definition) is 4. The summed E-state index contributed by atoms with van der Waals surface area (Å²) < 4.78 is 40.7. The third kappa shape index (κ3) is 1.60. The van der Waals surface area contributed by atoms with E-state index in [0.717, 1.165) is 12.4 Å². The van der Waals surface area contributed by atoms with Crippen molar-refractivity contribution in [3.05, 3.63) is 36.8 Å². The Kier molecular flexibility index (Phi) is 2.09. The van der Waals surface area contributed by atoms with Gasteiger partial charge in [0.2, 0.25) is 0 Å². The molecule has 3 aromatic rings. The number of aromatic nitrogens is 6. The van der Waals surface area contributed by atoms with Crippen LogP contribution in [0.4, 0.5) is 13.2 Å². The molecule has 0 aromatic carbocycles. The van der Waals surface area contributed by atoms with Gasteiger partial charge in [-0.05, 0) is 0 Å². The molecule has 92 valence electrons. The fourth-order valence-corrected chi connectivity index (χ4v) is 1.52. The van der Waals surface area contributed by atoms with Crippen molar-refractivity contribution in [2.75, 3.05) is 0 Å². The van der Waals surface area contributed by atoms with Gasteiger partial charge in [-0.2, -0.15) is 27.8 Å². The Bertz CT molecular complexity index is 684. The van der Waals surface area contributed by atoms with Crippen LogP contribution in [0.2, 0.25) is 0 Å². The molecule has 0 N–H and O–H groups in total. The number of alkyl halides is 3. The topological polar surface area (TPSA) is 60.9 Å². The van der Waals surface area contributed by atoms with Crippen LogP contribution < -0.4 is 0 Å². The standard InChI is InChI=1S/C9H5F3N6/c10-9(11,12)6-3-7(17-2-1-13-5-17)18-8(16-6)14-4-15-18/h1-5H. The SMILES string of the molecule is FC(F)(F)c1cc(-n2ccnc2)n2ncnc2n1. The van der Waals surface area contributed by atoms with Crippen LogP contribution in [0.3, 0.4) is 0 Å². The minimum absolute atomic E-state index is 0.117. The molecule has 0 amide bonds. The third-order valence-electron chi connectivity index (χ3n) is 2.29. The highest BCUT2D eigenvalue weighted by Gasteiger charge is 2.34. The van der Waals surface area contributed by atoms with Crippen molar-refractivity contribution in [2.45, 2.75) is 6.18 Å². The van der Waals surface area contributed by atoms with Crippen LogP contribution in [0.25, 0.3) is 11.6 Å². The number of hydrogen-bond donors (Lipinski definition) is 0. The predicted octanol–water partition coefficient (Wildman–Crippen LogP) is 1.33. The maximum atomic E-state index is 12.7. The van der Waals surface area contributed by atoms with Crippen molar-refractivity contribution < 1.29 is 13.2 Å². The molecule has 9 heteroatoms. The average molecular weight is 254 g/mol. The lowest BCUT2D eigenvalue weighted by molar-refractivity contribution is -0.141. The Labute approximate surface area is 97.7 Å². The van der Waals surface area contributed by atoms with Crippen molar-refractivity contribution >= 4 is 5.78 Å². The molecule has 3 rings (SSSR count). The first kappa shape index (κ1) is 10.7. The van der Waals surface area contributed by atoms with E-state index in [-0.39, 0.29) is 11.6 Å². The molecular weight excluding hydrogens is 249 g/mol. The first-order chi connectivity index (χ1) is 8.55. The van der Waals surface area contributed by atoms with E-state index >= 15 is 0 Å². The van der Waals surface area contributed by atoms with Gasteiger partial charge in [0, 0.05) is 18.5 Å². The molecule has 0 unspecified atom stereocenters. The lowest BCUT2D eigenvalue weighted by atomic mass is 10.4. The molecule has 0 aliphatic carbocycles. The lowest BCUT2D eigenvalue weighted by Gasteiger charge is -2.09. The Morgan fingerprint density at radius 3 is 2.72 bits per heavy atom. The summed E-state index contributed by atoms with van der Waals surface area (Å²) >= 11 is 0. The molecule has 0 aliphatic rings. The molecule has 0 saturated heterocycles. The number of nitrogens with zero attached hydrogens (tertiary/aromatic N) is 6. The van der Waals surface area contributed by atoms with Crippen LogP contribution in [0, 0.1) is 0 Å². The summed E-state index contributed by atoms with van der Waals surface area (Å²) in [5.74, 6) is 0.0517. The normalized spacial score (nSPS) is 12.2. The van der Waals surface area contributed by atoms with Crippen molar-refractivity contribution in [3.8, 4) is 5.82 Å². The lowest BCUT2D eigenvalue weighted by Crippen LogP contribution is -2.13. The smallest absolute Gasteiger partial charge is 0.290 e. The fourth-order valence-electron chi connectivity index (χ4n) is 1.52. The van der Waals surface area contributed by atoms with E-state index in [0.29, 0.717) is 0 Å². The minimum atomic E-state index is -4.54. The van der Waals surface area contributed by atoms with Gasteiger partial charge >= 0.3 is 6.18 Å². The van der Waals surface area contributed by atoms with Gasteiger partial charge < -0.3 is 0 Å². The summed E-state index contributed by atoms with van der Waals surface area (Å²) in [6, 6.07) is 0.892. The fraction of sp³-hybridized carbons (Fsp3) is 0.111. The molecule has 0 saturated carbocycles. The second kappa shape index (κ2) is 3.52. The van der Waals surface area contributed by atoms with E-state index in [1.807, 2.05) is 0 Å². The summed E-state index contributed by atoms with van der Waals surface area (Å²) in [5, 5.41) is 3.82. The molecule has 3 heterocycles. The molecular formula is C9H5F3N6. The molecule has 6 nitrogen and oxygen atoms in total. The van der Waals surface area contributed by atoms with E-state index in [1.165, 1.54) is 27.8 Å². The molecule has 0 spiro atoms. The third-order valence-corrected chi connectivity index (χ3v) is 2.29. The summed E-state index contributed by atoms with van der Waals surface area (Å²) in [7, 11) is 0. The minimum Gasteiger partial charge on any atom is -0.290 e. The van der Waals surface area contributed by atoms with Crippen LogP contribution in [-0.2, 0) is 6.18 Å². The van der Waals surface area contributed by atoms with Crippen LogP contribution in [-0.4, -0.2) is 29.1 Å². The quantitative estimate of drug-likeness (QED) is 0.657. The van der Waals surface area contributed by atoms with Gasteiger partial charge in [0.25, 0.3) is 5.78 Å². The van der Waals surface area contributed by atoms with Gasteiger partial charge in [-0.3, -0.25) is 4.57 Å². The highest BCUT2D eigenvalue weighted by Crippen LogP contribution is 2.29. The Morgan fingerprint density at radius 2 is 2.06 bits per heavy atom. The molecule has 0 atom stereocenters. The van der Waals surface area contributed by atoms with Crippen molar-refractivity contribution in [3.63, 3.8) is 0 Å². The van der Waals surface area contributed by atoms with Gasteiger partial charge in [-0.1, -0.05) is 0 Å². The van der Waals surface area contributed by atoms with E-state index in [2.05, 4.69) is 20.1 Å². The van der Waals surface area contributed by atoms with Crippen molar-refractivity contribution in [2.24, 2.45) is 0 Å². The first-order valence-corrected chi connectivity index (χ1v) is 4.82. The average Bonchev–Trinajstić information content (AvgIpc) is 2.97. The Hall–Kier alpha value is -2.45. The summed E-state index contributed by atoms with van der Waals surface area (Å²) in [4.78, 5) is 10.9. The zero-order chi connectivity index (χ0) is 12.8. The monoisotopic (exact) mass is 254 g/mol. The number of imidazole rings is 1. The number of rotatable bonds is 1. The van der Waals surface area contributed by atoms with Gasteiger partial charge in [-0.15, -0.1) is 0 Å². The van der Waals surface area contributed by atoms with Gasteiger partial charge in [0.15, 0.2) is 5.69 Å². The van der Waals surface area contributed by atoms with Gasteiger partial charge in [0.1, 0.15) is 18.5 Å². The maximum Gasteiger partial charge on any atom is 0.433 e. The van der Waals surface area contributed by atoms with Gasteiger partial charge in [-0.25, -0.2) is 9.97 Å². The van der Waals surface area contributed by atoms with Crippen LogP contribution in [0.15, 0.2) is 31.1 Å². The van der Waals surface area contributed by atoms with Crippen molar-refractivity contribution in [1.82, 2.24) is 29.1 Å². The Balaban J connectivity index is 2.32. The highest BCUT2D eigenvalue weighted by atomic mass is 19.4. The molecule has 0 radical (unpaired) electrons. The van der Waals surface area contributed by atoms with E-state index in [1.54, 1.807) is 0 Å². The molecule has 0 bridgehead atoms. The van der Waals surface area contributed by atoms with E-state index in [4.69, 9.17) is 0 Å². The Morgan fingerprint density at radius 1 is 1.22 bits per heavy atom. The largest absolute Gasteiger partial charge is 0.433 e. The highest BCUT2D eigenvalue weighted by molar-refractivity contribution is 5.38. The number of halogens is 3. The zero-order valence-electron chi connectivity index (χ0n) is 8.70. The van der Waals surface area contributed by atoms with E-state index in [9.17, 15) is 13.2 Å². The predicted molar refractivity (Wildman–Crippen MR) is 52.9 cm³/mol. The summed E-state index contributed by atoms with van der Waals surface area (Å²) in [5.41, 5.74) is -1.02. The van der Waals surface area contributed by atoms with E-state index < -0.39 is 11.9 Å². The van der Waals surface area contributed by atoms with Gasteiger partial charge in [0.05, 0.1) is 0 Å². The van der Waals surface area contributed by atoms with Crippen LogP contribution in [0.1, 0.15) is 5.69 Å². The molecule has 0 aliphatic heterocycles.